The second-order valence-corrected chi connectivity index (χ2v) is 8.20. The Hall–Kier alpha value is -0.650. The van der Waals surface area contributed by atoms with E-state index in [1.54, 1.807) is 0 Å². The Kier molecular flexibility index (Phi) is 3.02. The molecule has 4 aliphatic rings. The van der Waals surface area contributed by atoms with Crippen molar-refractivity contribution in [2.45, 2.75) is 57.5 Å². The molecule has 124 valence electrons. The Bertz CT molecular complexity index is 507. The van der Waals surface area contributed by atoms with E-state index in [1.807, 2.05) is 13.8 Å². The predicted molar refractivity (Wildman–Crippen MR) is 77.5 cm³/mol. The van der Waals surface area contributed by atoms with E-state index in [9.17, 15) is 20.1 Å². The summed E-state index contributed by atoms with van der Waals surface area (Å²) in [5, 5.41) is 32.3. The summed E-state index contributed by atoms with van der Waals surface area (Å²) in [5.74, 6) is -1.51. The Morgan fingerprint density at radius 1 is 0.955 bits per heavy atom. The Morgan fingerprint density at radius 3 is 2.27 bits per heavy atom. The Labute approximate surface area is 130 Å². The minimum atomic E-state index is -0.887. The molecule has 5 heteroatoms. The monoisotopic (exact) mass is 310 g/mol. The van der Waals surface area contributed by atoms with Crippen molar-refractivity contribution in [3.8, 4) is 0 Å². The minimum absolute atomic E-state index is 0.0494. The van der Waals surface area contributed by atoms with Crippen molar-refractivity contribution in [2.24, 2.45) is 41.4 Å². The highest BCUT2D eigenvalue weighted by Crippen LogP contribution is 2.67. The average Bonchev–Trinajstić information content (AvgIpc) is 2.78. The number of rotatable bonds is 0. The van der Waals surface area contributed by atoms with Gasteiger partial charge < -0.3 is 20.1 Å². The second-order valence-electron chi connectivity index (χ2n) is 8.20. The number of hydrogen-bond acceptors (Lipinski definition) is 5. The molecule has 5 nitrogen and oxygen atoms in total. The SMILES string of the molecule is CC1C(O)[C@H]2C(O)CC[C@@H](C)[C@@H]3C(O)C(C)[C@H]4[C@H]1C(=O)O[C@@]234. The van der Waals surface area contributed by atoms with E-state index >= 15 is 0 Å². The molecular formula is C17H26O5. The summed E-state index contributed by atoms with van der Waals surface area (Å²) in [4.78, 5) is 12.5. The molecule has 0 radical (unpaired) electrons. The van der Waals surface area contributed by atoms with Crippen molar-refractivity contribution in [3.05, 3.63) is 0 Å². The molecule has 1 aliphatic heterocycles. The lowest BCUT2D eigenvalue weighted by atomic mass is 9.57. The first-order chi connectivity index (χ1) is 10.3. The number of ether oxygens (including phenoxy) is 1. The fraction of sp³-hybridized carbons (Fsp3) is 0.941. The smallest absolute Gasteiger partial charge is 0.310 e. The summed E-state index contributed by atoms with van der Waals surface area (Å²) in [7, 11) is 0. The van der Waals surface area contributed by atoms with Crippen molar-refractivity contribution < 1.29 is 24.9 Å². The van der Waals surface area contributed by atoms with Crippen LogP contribution in [0.3, 0.4) is 0 Å². The zero-order valence-electron chi connectivity index (χ0n) is 13.3. The Balaban J connectivity index is 1.95. The third kappa shape index (κ3) is 1.44. The molecule has 22 heavy (non-hydrogen) atoms. The van der Waals surface area contributed by atoms with Gasteiger partial charge in [0.25, 0.3) is 0 Å². The molecule has 0 aromatic heterocycles. The molecule has 5 unspecified atom stereocenters. The van der Waals surface area contributed by atoms with Gasteiger partial charge in [0.05, 0.1) is 30.1 Å². The van der Waals surface area contributed by atoms with E-state index in [-0.39, 0.29) is 41.5 Å². The van der Waals surface area contributed by atoms with Gasteiger partial charge in [0.2, 0.25) is 0 Å². The molecule has 4 rings (SSSR count). The average molecular weight is 310 g/mol. The molecule has 1 heterocycles. The lowest BCUT2D eigenvalue weighted by molar-refractivity contribution is -0.188. The molecule has 2 bridgehead atoms. The van der Waals surface area contributed by atoms with Crippen LogP contribution in [0.1, 0.15) is 33.6 Å². The van der Waals surface area contributed by atoms with Crippen molar-refractivity contribution in [2.75, 3.05) is 0 Å². The topological polar surface area (TPSA) is 87.0 Å². The summed E-state index contributed by atoms with van der Waals surface area (Å²) >= 11 is 0. The number of aliphatic hydroxyl groups excluding tert-OH is 3. The van der Waals surface area contributed by atoms with E-state index in [4.69, 9.17) is 4.74 Å². The number of carbonyl (C=O) groups is 1. The summed E-state index contributed by atoms with van der Waals surface area (Å²) < 4.78 is 5.95. The van der Waals surface area contributed by atoms with Gasteiger partial charge in [0.15, 0.2) is 0 Å². The van der Waals surface area contributed by atoms with Crippen molar-refractivity contribution in [1.82, 2.24) is 0 Å². The van der Waals surface area contributed by atoms with Crippen LogP contribution in [-0.2, 0) is 9.53 Å². The number of hydrogen-bond donors (Lipinski definition) is 3. The Morgan fingerprint density at radius 2 is 1.59 bits per heavy atom. The highest BCUT2D eigenvalue weighted by molar-refractivity contribution is 5.78. The van der Waals surface area contributed by atoms with Crippen molar-refractivity contribution in [3.63, 3.8) is 0 Å². The zero-order valence-corrected chi connectivity index (χ0v) is 13.3. The van der Waals surface area contributed by atoms with Crippen LogP contribution in [0.4, 0.5) is 0 Å². The third-order valence-electron chi connectivity index (χ3n) is 7.39. The molecule has 4 fully saturated rings. The van der Waals surface area contributed by atoms with E-state index in [0.717, 1.165) is 6.42 Å². The largest absolute Gasteiger partial charge is 0.458 e. The quantitative estimate of drug-likeness (QED) is 0.569. The molecule has 1 saturated heterocycles. The summed E-state index contributed by atoms with van der Waals surface area (Å²) in [5.41, 5.74) is -0.887. The molecule has 3 N–H and O–H groups in total. The van der Waals surface area contributed by atoms with Crippen LogP contribution in [0, 0.1) is 41.4 Å². The first kappa shape index (κ1) is 14.9. The second kappa shape index (κ2) is 4.46. The molecular weight excluding hydrogens is 284 g/mol. The maximum absolute atomic E-state index is 12.5. The number of carbonyl (C=O) groups excluding carboxylic acids is 1. The van der Waals surface area contributed by atoms with Crippen molar-refractivity contribution >= 4 is 5.97 Å². The number of esters is 1. The van der Waals surface area contributed by atoms with E-state index in [1.165, 1.54) is 0 Å². The third-order valence-corrected chi connectivity index (χ3v) is 7.39. The van der Waals surface area contributed by atoms with Gasteiger partial charge in [-0.15, -0.1) is 0 Å². The van der Waals surface area contributed by atoms with Gasteiger partial charge in [-0.05, 0) is 30.6 Å². The number of aliphatic hydroxyl groups is 3. The van der Waals surface area contributed by atoms with E-state index < -0.39 is 29.8 Å². The predicted octanol–water partition coefficient (Wildman–Crippen LogP) is 0.559. The molecule has 3 aliphatic carbocycles. The van der Waals surface area contributed by atoms with Crippen molar-refractivity contribution in [1.29, 1.82) is 0 Å². The maximum atomic E-state index is 12.5. The van der Waals surface area contributed by atoms with Gasteiger partial charge in [0.1, 0.15) is 5.60 Å². The van der Waals surface area contributed by atoms with Crippen LogP contribution in [0.25, 0.3) is 0 Å². The molecule has 1 spiro atoms. The lowest BCUT2D eigenvalue weighted by Crippen LogP contribution is -2.61. The minimum Gasteiger partial charge on any atom is -0.458 e. The van der Waals surface area contributed by atoms with Gasteiger partial charge in [0, 0.05) is 11.8 Å². The molecule has 3 saturated carbocycles. The lowest BCUT2D eigenvalue weighted by Gasteiger charge is -2.49. The van der Waals surface area contributed by atoms with Crippen LogP contribution in [-0.4, -0.2) is 45.2 Å². The van der Waals surface area contributed by atoms with Gasteiger partial charge in [-0.25, -0.2) is 0 Å². The normalized spacial score (nSPS) is 63.3. The van der Waals surface area contributed by atoms with Crippen LogP contribution in [0.15, 0.2) is 0 Å². The van der Waals surface area contributed by atoms with Crippen LogP contribution in [0.2, 0.25) is 0 Å². The highest BCUT2D eigenvalue weighted by atomic mass is 16.6. The first-order valence-corrected chi connectivity index (χ1v) is 8.59. The van der Waals surface area contributed by atoms with Gasteiger partial charge >= 0.3 is 5.97 Å². The fourth-order valence-corrected chi connectivity index (χ4v) is 6.54. The van der Waals surface area contributed by atoms with Crippen LogP contribution < -0.4 is 0 Å². The van der Waals surface area contributed by atoms with E-state index in [2.05, 4.69) is 6.92 Å². The fourth-order valence-electron chi connectivity index (χ4n) is 6.54. The highest BCUT2D eigenvalue weighted by Gasteiger charge is 2.78. The summed E-state index contributed by atoms with van der Waals surface area (Å²) in [6.07, 6.45) is -0.612. The van der Waals surface area contributed by atoms with Gasteiger partial charge in [-0.3, -0.25) is 4.79 Å². The van der Waals surface area contributed by atoms with Gasteiger partial charge in [-0.2, -0.15) is 0 Å². The van der Waals surface area contributed by atoms with E-state index in [0.29, 0.717) is 6.42 Å². The first-order valence-electron chi connectivity index (χ1n) is 8.59. The molecule has 0 amide bonds. The summed E-state index contributed by atoms with van der Waals surface area (Å²) in [6, 6.07) is 0. The van der Waals surface area contributed by atoms with Gasteiger partial charge in [-0.1, -0.05) is 20.8 Å². The standard InChI is InChI=1S/C17H26O5/c1-6-4-5-9(18)13-14(19)7(2)10-12-8(3)15(20)11(6)17(12,13)22-16(10)21/h6-15,18-20H,4-5H2,1-3H3/t6-,7?,8?,9?,10+,11-,12+,13-,14?,15?,17+/m1/s1. The maximum Gasteiger partial charge on any atom is 0.310 e. The van der Waals surface area contributed by atoms with Crippen LogP contribution >= 0.6 is 0 Å². The molecule has 0 aromatic rings. The molecule has 0 aromatic carbocycles. The zero-order chi connectivity index (χ0) is 16.0. The van der Waals surface area contributed by atoms with Crippen LogP contribution in [0.5, 0.6) is 0 Å². The molecule has 11 atom stereocenters. The summed E-state index contributed by atoms with van der Waals surface area (Å²) in [6.45, 7) is 5.93.